The van der Waals surface area contributed by atoms with Gasteiger partial charge in [-0.2, -0.15) is 20.1 Å². The summed E-state index contributed by atoms with van der Waals surface area (Å²) in [6.45, 7) is 5.01. The van der Waals surface area contributed by atoms with Crippen molar-refractivity contribution in [2.75, 3.05) is 23.8 Å². The maximum absolute atomic E-state index is 4.55. The Kier molecular flexibility index (Phi) is 3.72. The number of anilines is 2. The lowest BCUT2D eigenvalue weighted by Gasteiger charge is -2.25. The summed E-state index contributed by atoms with van der Waals surface area (Å²) in [6, 6.07) is 2.29. The van der Waals surface area contributed by atoms with Gasteiger partial charge in [-0.05, 0) is 38.7 Å². The van der Waals surface area contributed by atoms with Crippen LogP contribution in [-0.4, -0.2) is 44.4 Å². The molecule has 1 N–H and O–H groups in total. The summed E-state index contributed by atoms with van der Waals surface area (Å²) in [4.78, 5) is 15.6. The highest BCUT2D eigenvalue weighted by molar-refractivity contribution is 5.40. The smallest absolute Gasteiger partial charge is 0.257 e. The molecule has 0 radical (unpaired) electrons. The molecule has 2 aromatic heterocycles. The minimum atomic E-state index is 0.437. The normalized spacial score (nSPS) is 15.8. The molecule has 7 nitrogen and oxygen atoms in total. The molecule has 0 saturated heterocycles. The second kappa shape index (κ2) is 5.67. The van der Waals surface area contributed by atoms with Crippen molar-refractivity contribution in [1.82, 2.24) is 24.7 Å². The fourth-order valence-electron chi connectivity index (χ4n) is 2.32. The Morgan fingerprint density at radius 1 is 1.38 bits per heavy atom. The van der Waals surface area contributed by atoms with Crippen molar-refractivity contribution in [3.63, 3.8) is 0 Å². The van der Waals surface area contributed by atoms with E-state index in [4.69, 9.17) is 0 Å². The van der Waals surface area contributed by atoms with Crippen LogP contribution >= 0.6 is 0 Å². The number of nitrogens with one attached hydrogen (secondary N) is 1. The van der Waals surface area contributed by atoms with Crippen LogP contribution in [0.2, 0.25) is 0 Å². The molecule has 3 rings (SSSR count). The quantitative estimate of drug-likeness (QED) is 0.872. The predicted octanol–water partition coefficient (Wildman–Crippen LogP) is 1.72. The van der Waals surface area contributed by atoms with Crippen molar-refractivity contribution < 1.29 is 0 Å². The van der Waals surface area contributed by atoms with E-state index in [0.717, 1.165) is 12.5 Å². The molecule has 0 bridgehead atoms. The highest BCUT2D eigenvalue weighted by atomic mass is 15.4. The Balaban J connectivity index is 1.94. The molecule has 0 amide bonds. The van der Waals surface area contributed by atoms with Crippen LogP contribution < -0.4 is 10.2 Å². The van der Waals surface area contributed by atoms with Crippen LogP contribution in [0.5, 0.6) is 0 Å². The molecule has 1 aliphatic carbocycles. The van der Waals surface area contributed by atoms with Crippen molar-refractivity contribution in [2.45, 2.75) is 32.7 Å². The summed E-state index contributed by atoms with van der Waals surface area (Å²) < 4.78 is 1.65. The van der Waals surface area contributed by atoms with E-state index in [1.165, 1.54) is 12.8 Å². The standard InChI is InChI=1S/C14H21N7/c1-4-15-12-17-13(20(3)10(2)11-6-7-11)19-14(18-12)21-9-5-8-16-21/h5,8-11H,4,6-7H2,1-3H3,(H,15,17,18,19). The number of hydrogen-bond acceptors (Lipinski definition) is 6. The average molecular weight is 287 g/mol. The largest absolute Gasteiger partial charge is 0.354 e. The summed E-state index contributed by atoms with van der Waals surface area (Å²) in [5, 5.41) is 7.36. The van der Waals surface area contributed by atoms with Crippen molar-refractivity contribution in [3.8, 4) is 5.95 Å². The zero-order chi connectivity index (χ0) is 14.8. The van der Waals surface area contributed by atoms with E-state index in [9.17, 15) is 0 Å². The van der Waals surface area contributed by atoms with Crippen LogP contribution in [0.25, 0.3) is 5.95 Å². The Hall–Kier alpha value is -2.18. The lowest BCUT2D eigenvalue weighted by atomic mass is 10.2. The highest BCUT2D eigenvalue weighted by Crippen LogP contribution is 2.35. The van der Waals surface area contributed by atoms with Gasteiger partial charge in [0.1, 0.15) is 0 Å². The lowest BCUT2D eigenvalue weighted by molar-refractivity contribution is 0.594. The summed E-state index contributed by atoms with van der Waals surface area (Å²) in [7, 11) is 2.04. The fourth-order valence-corrected chi connectivity index (χ4v) is 2.32. The first-order valence-corrected chi connectivity index (χ1v) is 7.42. The maximum atomic E-state index is 4.55. The van der Waals surface area contributed by atoms with Gasteiger partial charge in [-0.1, -0.05) is 0 Å². The molecule has 1 atom stereocenters. The van der Waals surface area contributed by atoms with Crippen LogP contribution in [0.1, 0.15) is 26.7 Å². The second-order valence-corrected chi connectivity index (χ2v) is 5.43. The first kappa shape index (κ1) is 13.8. The van der Waals surface area contributed by atoms with Crippen LogP contribution in [0.4, 0.5) is 11.9 Å². The molecule has 2 aromatic rings. The highest BCUT2D eigenvalue weighted by Gasteiger charge is 2.31. The monoisotopic (exact) mass is 287 g/mol. The number of nitrogens with zero attached hydrogens (tertiary/aromatic N) is 6. The molecule has 1 fully saturated rings. The van der Waals surface area contributed by atoms with Crippen LogP contribution in [0.15, 0.2) is 18.5 Å². The van der Waals surface area contributed by atoms with E-state index in [-0.39, 0.29) is 0 Å². The summed E-state index contributed by atoms with van der Waals surface area (Å²) in [5.74, 6) is 2.56. The Bertz CT molecular complexity index is 591. The van der Waals surface area contributed by atoms with Crippen molar-refractivity contribution in [1.29, 1.82) is 0 Å². The van der Waals surface area contributed by atoms with Crippen LogP contribution in [0, 0.1) is 5.92 Å². The van der Waals surface area contributed by atoms with Gasteiger partial charge >= 0.3 is 0 Å². The minimum absolute atomic E-state index is 0.437. The van der Waals surface area contributed by atoms with Gasteiger partial charge in [0.15, 0.2) is 0 Å². The molecule has 0 aromatic carbocycles. The third-order valence-corrected chi connectivity index (χ3v) is 3.89. The summed E-state index contributed by atoms with van der Waals surface area (Å²) in [6.07, 6.45) is 6.14. The van der Waals surface area contributed by atoms with E-state index >= 15 is 0 Å². The SMILES string of the molecule is CCNc1nc(N(C)C(C)C2CC2)nc(-n2cccn2)n1. The maximum Gasteiger partial charge on any atom is 0.257 e. The molecular formula is C14H21N7. The summed E-state index contributed by atoms with van der Waals surface area (Å²) >= 11 is 0. The van der Waals surface area contributed by atoms with E-state index in [1.54, 1.807) is 10.9 Å². The first-order valence-electron chi connectivity index (χ1n) is 7.42. The average Bonchev–Trinajstić information content (AvgIpc) is 3.20. The molecule has 0 spiro atoms. The van der Waals surface area contributed by atoms with Crippen LogP contribution in [-0.2, 0) is 0 Å². The van der Waals surface area contributed by atoms with E-state index in [1.807, 2.05) is 26.2 Å². The fraction of sp³-hybridized carbons (Fsp3) is 0.571. The Morgan fingerprint density at radius 2 is 2.19 bits per heavy atom. The topological polar surface area (TPSA) is 71.8 Å². The second-order valence-electron chi connectivity index (χ2n) is 5.43. The number of aromatic nitrogens is 5. The van der Waals surface area contributed by atoms with Gasteiger partial charge in [-0.25, -0.2) is 4.68 Å². The lowest BCUT2D eigenvalue weighted by Crippen LogP contribution is -2.32. The van der Waals surface area contributed by atoms with Gasteiger partial charge in [0.05, 0.1) is 0 Å². The van der Waals surface area contributed by atoms with E-state index < -0.39 is 0 Å². The number of rotatable bonds is 6. The zero-order valence-electron chi connectivity index (χ0n) is 12.7. The number of hydrogen-bond donors (Lipinski definition) is 1. The van der Waals surface area contributed by atoms with Gasteiger partial charge in [-0.15, -0.1) is 0 Å². The first-order chi connectivity index (χ1) is 10.2. The van der Waals surface area contributed by atoms with Gasteiger partial charge < -0.3 is 10.2 Å². The molecule has 2 heterocycles. The van der Waals surface area contributed by atoms with Gasteiger partial charge in [-0.3, -0.25) is 0 Å². The molecule has 1 aliphatic rings. The molecule has 7 heteroatoms. The predicted molar refractivity (Wildman–Crippen MR) is 81.7 cm³/mol. The minimum Gasteiger partial charge on any atom is -0.354 e. The van der Waals surface area contributed by atoms with Gasteiger partial charge in [0.25, 0.3) is 5.95 Å². The van der Waals surface area contributed by atoms with E-state index in [0.29, 0.717) is 23.9 Å². The van der Waals surface area contributed by atoms with Crippen LogP contribution in [0.3, 0.4) is 0 Å². The molecule has 1 unspecified atom stereocenters. The van der Waals surface area contributed by atoms with E-state index in [2.05, 4.69) is 37.2 Å². The molecule has 1 saturated carbocycles. The zero-order valence-corrected chi connectivity index (χ0v) is 12.7. The van der Waals surface area contributed by atoms with Gasteiger partial charge in [0.2, 0.25) is 11.9 Å². The van der Waals surface area contributed by atoms with Crippen molar-refractivity contribution in [3.05, 3.63) is 18.5 Å². The molecule has 21 heavy (non-hydrogen) atoms. The molecular weight excluding hydrogens is 266 g/mol. The third-order valence-electron chi connectivity index (χ3n) is 3.89. The Morgan fingerprint density at radius 3 is 2.81 bits per heavy atom. The summed E-state index contributed by atoms with van der Waals surface area (Å²) in [5.41, 5.74) is 0. The molecule has 112 valence electrons. The Labute approximate surface area is 124 Å². The molecule has 0 aliphatic heterocycles. The van der Waals surface area contributed by atoms with Gasteiger partial charge in [0, 0.05) is 32.0 Å². The third kappa shape index (κ3) is 2.96. The van der Waals surface area contributed by atoms with Crippen molar-refractivity contribution >= 4 is 11.9 Å². The van der Waals surface area contributed by atoms with Crippen molar-refractivity contribution in [2.24, 2.45) is 5.92 Å².